The van der Waals surface area contributed by atoms with Gasteiger partial charge in [0.05, 0.1) is 29.1 Å². The highest BCUT2D eigenvalue weighted by Gasteiger charge is 2.35. The lowest BCUT2D eigenvalue weighted by Gasteiger charge is -2.33. The van der Waals surface area contributed by atoms with Gasteiger partial charge in [-0.2, -0.15) is 4.31 Å². The monoisotopic (exact) mass is 470 g/mol. The molecule has 0 aliphatic carbocycles. The highest BCUT2D eigenvalue weighted by molar-refractivity contribution is 9.11. The second kappa shape index (κ2) is 8.61. The molecule has 3 rings (SSSR count). The average molecular weight is 471 g/mol. The van der Waals surface area contributed by atoms with Crippen molar-refractivity contribution in [3.05, 3.63) is 40.1 Å². The molecule has 1 fully saturated rings. The first kappa shape index (κ1) is 20.1. The second-order valence-electron chi connectivity index (χ2n) is 6.24. The number of carbonyl (C=O) groups excluding carboxylic acids is 1. The number of carbonyl (C=O) groups is 1. The Morgan fingerprint density at radius 3 is 2.89 bits per heavy atom. The summed E-state index contributed by atoms with van der Waals surface area (Å²) in [7, 11) is -3.60. The Kier molecular flexibility index (Phi) is 6.42. The predicted octanol–water partition coefficient (Wildman–Crippen LogP) is 3.17. The van der Waals surface area contributed by atoms with Crippen LogP contribution in [-0.2, 0) is 21.4 Å². The molecule has 0 N–H and O–H groups in total. The molecule has 9 heteroatoms. The maximum atomic E-state index is 13.0. The van der Waals surface area contributed by atoms with Gasteiger partial charge in [-0.15, -0.1) is 17.8 Å². The molecule has 2 aromatic heterocycles. The number of nitrogens with zero attached hydrogens (tertiary/aromatic N) is 2. The van der Waals surface area contributed by atoms with Gasteiger partial charge in [0.1, 0.15) is 9.97 Å². The van der Waals surface area contributed by atoms with Gasteiger partial charge < -0.3 is 9.32 Å². The van der Waals surface area contributed by atoms with Gasteiger partial charge in [0.25, 0.3) is 10.0 Å². The van der Waals surface area contributed by atoms with Crippen LogP contribution in [0.1, 0.15) is 18.6 Å². The van der Waals surface area contributed by atoms with Crippen LogP contribution in [0.2, 0.25) is 0 Å². The summed E-state index contributed by atoms with van der Waals surface area (Å²) in [5.41, 5.74) is 0. The van der Waals surface area contributed by atoms with Crippen molar-refractivity contribution in [2.24, 2.45) is 5.92 Å². The lowest BCUT2D eigenvalue weighted by atomic mass is 9.98. The highest BCUT2D eigenvalue weighted by Crippen LogP contribution is 2.31. The topological polar surface area (TPSA) is 70.8 Å². The summed E-state index contributed by atoms with van der Waals surface area (Å²) >= 11 is 4.46. The summed E-state index contributed by atoms with van der Waals surface area (Å²) in [4.78, 5) is 14.5. The summed E-state index contributed by atoms with van der Waals surface area (Å²) in [6.45, 7) is 1.00. The number of thiophene rings is 1. The smallest absolute Gasteiger partial charge is 0.252 e. The van der Waals surface area contributed by atoms with E-state index in [4.69, 9.17) is 10.8 Å². The summed E-state index contributed by atoms with van der Waals surface area (Å²) in [5.74, 6) is 2.58. The number of furan rings is 1. The maximum Gasteiger partial charge on any atom is 0.252 e. The summed E-state index contributed by atoms with van der Waals surface area (Å²) in [6, 6.07) is 6.82. The van der Waals surface area contributed by atoms with Crippen molar-refractivity contribution >= 4 is 43.2 Å². The number of piperidine rings is 1. The zero-order chi connectivity index (χ0) is 19.4. The first-order valence-corrected chi connectivity index (χ1v) is 11.5. The molecule has 3 heterocycles. The minimum atomic E-state index is -3.60. The molecule has 6 nitrogen and oxygen atoms in total. The Bertz CT molecular complexity index is 931. The minimum Gasteiger partial charge on any atom is -0.467 e. The van der Waals surface area contributed by atoms with Gasteiger partial charge in [0.2, 0.25) is 5.91 Å². The molecule has 0 saturated carbocycles. The third-order valence-electron chi connectivity index (χ3n) is 4.40. The van der Waals surface area contributed by atoms with Gasteiger partial charge in [-0.05, 0) is 53.0 Å². The van der Waals surface area contributed by atoms with E-state index in [0.717, 1.165) is 3.79 Å². The molecule has 1 atom stereocenters. The quantitative estimate of drug-likeness (QED) is 0.607. The van der Waals surface area contributed by atoms with Crippen molar-refractivity contribution in [1.82, 2.24) is 9.21 Å². The molecule has 2 aromatic rings. The van der Waals surface area contributed by atoms with E-state index < -0.39 is 15.9 Å². The molecule has 1 aliphatic heterocycles. The molecule has 27 heavy (non-hydrogen) atoms. The third-order valence-corrected chi connectivity index (χ3v) is 8.35. The number of halogens is 1. The number of hydrogen-bond acceptors (Lipinski definition) is 5. The fraction of sp³-hybridized carbons (Fsp3) is 0.389. The maximum absolute atomic E-state index is 13.0. The fourth-order valence-electron chi connectivity index (χ4n) is 3.10. The van der Waals surface area contributed by atoms with E-state index in [1.54, 1.807) is 35.4 Å². The van der Waals surface area contributed by atoms with Crippen LogP contribution in [0, 0.1) is 18.3 Å². The molecule has 1 unspecified atom stereocenters. The average Bonchev–Trinajstić information content (AvgIpc) is 3.33. The van der Waals surface area contributed by atoms with Crippen molar-refractivity contribution in [3.63, 3.8) is 0 Å². The summed E-state index contributed by atoms with van der Waals surface area (Å²) in [6.07, 6.45) is 8.23. The van der Waals surface area contributed by atoms with E-state index in [1.165, 1.54) is 15.6 Å². The number of terminal acetylenes is 1. The van der Waals surface area contributed by atoms with E-state index in [1.807, 2.05) is 0 Å². The summed E-state index contributed by atoms with van der Waals surface area (Å²) < 4.78 is 33.5. The third kappa shape index (κ3) is 4.63. The van der Waals surface area contributed by atoms with Crippen LogP contribution >= 0.6 is 27.3 Å². The molecule has 0 spiro atoms. The van der Waals surface area contributed by atoms with Crippen molar-refractivity contribution in [2.75, 3.05) is 19.6 Å². The van der Waals surface area contributed by atoms with E-state index in [2.05, 4.69) is 21.9 Å². The minimum absolute atomic E-state index is 0.142. The van der Waals surface area contributed by atoms with Crippen LogP contribution in [0.4, 0.5) is 0 Å². The molecular formula is C18H19BrN2O4S2. The van der Waals surface area contributed by atoms with E-state index in [-0.39, 0.29) is 29.8 Å². The van der Waals surface area contributed by atoms with Crippen LogP contribution in [-0.4, -0.2) is 43.2 Å². The lowest BCUT2D eigenvalue weighted by molar-refractivity contribution is -0.136. The van der Waals surface area contributed by atoms with Crippen molar-refractivity contribution < 1.29 is 17.6 Å². The van der Waals surface area contributed by atoms with E-state index in [0.29, 0.717) is 25.1 Å². The highest BCUT2D eigenvalue weighted by atomic mass is 79.9. The predicted molar refractivity (Wildman–Crippen MR) is 106 cm³/mol. The molecule has 0 bridgehead atoms. The van der Waals surface area contributed by atoms with E-state index in [9.17, 15) is 13.2 Å². The van der Waals surface area contributed by atoms with Gasteiger partial charge >= 0.3 is 0 Å². The summed E-state index contributed by atoms with van der Waals surface area (Å²) in [5, 5.41) is 0. The second-order valence-corrected chi connectivity index (χ2v) is 10.9. The Morgan fingerprint density at radius 2 is 2.26 bits per heavy atom. The van der Waals surface area contributed by atoms with E-state index >= 15 is 0 Å². The zero-order valence-electron chi connectivity index (χ0n) is 14.5. The Labute approximate surface area is 171 Å². The first-order valence-electron chi connectivity index (χ1n) is 8.42. The lowest BCUT2D eigenvalue weighted by Crippen LogP contribution is -2.46. The van der Waals surface area contributed by atoms with Crippen molar-refractivity contribution in [1.29, 1.82) is 0 Å². The normalized spacial score (nSPS) is 18.1. The van der Waals surface area contributed by atoms with Crippen molar-refractivity contribution in [3.8, 4) is 12.3 Å². The molecule has 0 radical (unpaired) electrons. The largest absolute Gasteiger partial charge is 0.467 e. The van der Waals surface area contributed by atoms with Gasteiger partial charge in [0.15, 0.2) is 0 Å². The van der Waals surface area contributed by atoms with Crippen LogP contribution < -0.4 is 0 Å². The molecule has 0 aromatic carbocycles. The van der Waals surface area contributed by atoms with Gasteiger partial charge in [-0.1, -0.05) is 5.92 Å². The number of rotatable bonds is 6. The van der Waals surface area contributed by atoms with Crippen LogP contribution in [0.3, 0.4) is 0 Å². The van der Waals surface area contributed by atoms with Crippen molar-refractivity contribution in [2.45, 2.75) is 23.6 Å². The molecule has 144 valence electrons. The number of sulfonamides is 1. The fourth-order valence-corrected chi connectivity index (χ4v) is 6.78. The number of amides is 1. The molecule has 1 saturated heterocycles. The molecule has 1 aliphatic rings. The Hall–Kier alpha value is -1.60. The van der Waals surface area contributed by atoms with Crippen LogP contribution in [0.5, 0.6) is 0 Å². The SMILES string of the molecule is C#CCN(Cc1ccco1)C(=O)C1CCCN(S(=O)(=O)c2ccc(Br)s2)C1. The first-order chi connectivity index (χ1) is 12.9. The molecule has 1 amide bonds. The van der Waals surface area contributed by atoms with Gasteiger partial charge in [0, 0.05) is 13.1 Å². The van der Waals surface area contributed by atoms with Gasteiger partial charge in [-0.25, -0.2) is 8.42 Å². The Morgan fingerprint density at radius 1 is 1.44 bits per heavy atom. The van der Waals surface area contributed by atoms with Gasteiger partial charge in [-0.3, -0.25) is 4.79 Å². The standard InChI is InChI=1S/C18H19BrN2O4S2/c1-2-9-20(13-15-6-4-11-25-15)18(22)14-5-3-10-21(12-14)27(23,24)17-8-7-16(19)26-17/h1,4,6-8,11,14H,3,5,9-10,12-13H2. The molecular weight excluding hydrogens is 452 g/mol. The zero-order valence-corrected chi connectivity index (χ0v) is 17.7. The Balaban J connectivity index is 1.74. The van der Waals surface area contributed by atoms with Crippen LogP contribution in [0.15, 0.2) is 42.9 Å². The van der Waals surface area contributed by atoms with Crippen LogP contribution in [0.25, 0.3) is 0 Å². The number of hydrogen-bond donors (Lipinski definition) is 0.